The molecule has 2 N–H and O–H groups in total. The van der Waals surface area contributed by atoms with Crippen LogP contribution in [0.15, 0.2) is 18.2 Å². The van der Waals surface area contributed by atoms with Gasteiger partial charge in [0, 0.05) is 35.3 Å². The van der Waals surface area contributed by atoms with Gasteiger partial charge in [-0.3, -0.25) is 0 Å². The summed E-state index contributed by atoms with van der Waals surface area (Å²) in [6.07, 6.45) is 2.02. The zero-order valence-electron chi connectivity index (χ0n) is 13.2. The lowest BCUT2D eigenvalue weighted by atomic mass is 9.99. The molecule has 3 unspecified atom stereocenters. The van der Waals surface area contributed by atoms with Crippen LogP contribution in [0.5, 0.6) is 0 Å². The number of nitrogens with two attached hydrogens (primary N) is 1. The molecule has 0 aromatic heterocycles. The number of rotatable bonds is 4. The molecule has 112 valence electrons. The lowest BCUT2D eigenvalue weighted by Crippen LogP contribution is -2.41. The summed E-state index contributed by atoms with van der Waals surface area (Å²) in [5.41, 5.74) is 10.3. The number of nitrogens with zero attached hydrogens (tertiary/aromatic N) is 1. The second-order valence-electron chi connectivity index (χ2n) is 6.17. The van der Waals surface area contributed by atoms with E-state index in [2.05, 4.69) is 62.6 Å². The van der Waals surface area contributed by atoms with E-state index in [1.54, 1.807) is 0 Å². The third-order valence-corrected chi connectivity index (χ3v) is 5.23. The zero-order valence-corrected chi connectivity index (χ0v) is 14.0. The second kappa shape index (κ2) is 6.86. The maximum atomic E-state index is 6.19. The number of benzene rings is 1. The average molecular weight is 292 g/mol. The lowest BCUT2D eigenvalue weighted by Gasteiger charge is -2.37. The Morgan fingerprint density at radius 1 is 1.30 bits per heavy atom. The number of hydrogen-bond donors (Lipinski definition) is 1. The number of hydrogen-bond acceptors (Lipinski definition) is 3. The minimum absolute atomic E-state index is 0.268. The summed E-state index contributed by atoms with van der Waals surface area (Å²) < 4.78 is 0. The first-order valence-corrected chi connectivity index (χ1v) is 8.69. The first kappa shape index (κ1) is 15.7. The van der Waals surface area contributed by atoms with Gasteiger partial charge in [0.05, 0.1) is 0 Å². The van der Waals surface area contributed by atoms with Crippen LogP contribution < -0.4 is 10.6 Å². The van der Waals surface area contributed by atoms with Gasteiger partial charge in [0.2, 0.25) is 0 Å². The number of thioether (sulfide) groups is 1. The van der Waals surface area contributed by atoms with Crippen molar-refractivity contribution in [1.29, 1.82) is 0 Å². The molecule has 1 aromatic carbocycles. The molecule has 1 fully saturated rings. The van der Waals surface area contributed by atoms with E-state index < -0.39 is 0 Å². The highest BCUT2D eigenvalue weighted by molar-refractivity contribution is 8.00. The molecule has 1 aliphatic heterocycles. The van der Waals surface area contributed by atoms with Crippen LogP contribution in [-0.2, 0) is 6.42 Å². The van der Waals surface area contributed by atoms with Crippen LogP contribution in [0.3, 0.4) is 0 Å². The van der Waals surface area contributed by atoms with Crippen molar-refractivity contribution >= 4 is 17.4 Å². The molecule has 0 aliphatic carbocycles. The zero-order chi connectivity index (χ0) is 14.7. The molecular formula is C17H28N2S. The average Bonchev–Trinajstić information content (AvgIpc) is 2.37. The van der Waals surface area contributed by atoms with Crippen molar-refractivity contribution in [3.8, 4) is 0 Å². The smallest absolute Gasteiger partial charge is 0.0400 e. The Balaban J connectivity index is 2.25. The standard InChI is InChI=1S/C17H28N2S/c1-5-16(18)9-15-8-12(2)6-7-17(15)19-10-13(3)20-14(4)11-19/h6-8,13-14,16H,5,9-11,18H2,1-4H3. The minimum Gasteiger partial charge on any atom is -0.369 e. The third kappa shape index (κ3) is 3.92. The fourth-order valence-electron chi connectivity index (χ4n) is 2.99. The Bertz CT molecular complexity index is 437. The molecule has 3 atom stereocenters. The largest absolute Gasteiger partial charge is 0.369 e. The number of aryl methyl sites for hydroxylation is 1. The van der Waals surface area contributed by atoms with Gasteiger partial charge in [-0.15, -0.1) is 0 Å². The molecule has 2 rings (SSSR count). The van der Waals surface area contributed by atoms with E-state index in [4.69, 9.17) is 5.73 Å². The molecule has 0 amide bonds. The van der Waals surface area contributed by atoms with Crippen molar-refractivity contribution in [1.82, 2.24) is 0 Å². The summed E-state index contributed by atoms with van der Waals surface area (Å²) in [5, 5.41) is 1.40. The van der Waals surface area contributed by atoms with Crippen LogP contribution >= 0.6 is 11.8 Å². The van der Waals surface area contributed by atoms with E-state index in [1.807, 2.05) is 0 Å². The van der Waals surface area contributed by atoms with Gasteiger partial charge in [0.15, 0.2) is 0 Å². The maximum absolute atomic E-state index is 6.19. The highest BCUT2D eigenvalue weighted by atomic mass is 32.2. The molecule has 1 aromatic rings. The molecule has 0 spiro atoms. The Morgan fingerprint density at radius 2 is 1.95 bits per heavy atom. The summed E-state index contributed by atoms with van der Waals surface area (Å²) in [4.78, 5) is 2.56. The normalized spacial score (nSPS) is 24.8. The molecule has 1 heterocycles. The molecule has 0 radical (unpaired) electrons. The van der Waals surface area contributed by atoms with E-state index in [0.29, 0.717) is 10.5 Å². The topological polar surface area (TPSA) is 29.3 Å². The van der Waals surface area contributed by atoms with Gasteiger partial charge in [0.1, 0.15) is 0 Å². The third-order valence-electron chi connectivity index (χ3n) is 4.00. The van der Waals surface area contributed by atoms with E-state index in [0.717, 1.165) is 25.9 Å². The summed E-state index contributed by atoms with van der Waals surface area (Å²) in [5.74, 6) is 0. The maximum Gasteiger partial charge on any atom is 0.0400 e. The molecule has 1 saturated heterocycles. The van der Waals surface area contributed by atoms with Gasteiger partial charge in [-0.25, -0.2) is 0 Å². The monoisotopic (exact) mass is 292 g/mol. The Labute approximate surface area is 128 Å². The van der Waals surface area contributed by atoms with Gasteiger partial charge in [-0.1, -0.05) is 38.5 Å². The summed E-state index contributed by atoms with van der Waals surface area (Å²) >= 11 is 2.10. The van der Waals surface area contributed by atoms with Gasteiger partial charge < -0.3 is 10.6 Å². The highest BCUT2D eigenvalue weighted by Crippen LogP contribution is 2.31. The van der Waals surface area contributed by atoms with Crippen molar-refractivity contribution in [2.75, 3.05) is 18.0 Å². The lowest BCUT2D eigenvalue weighted by molar-refractivity contribution is 0.641. The van der Waals surface area contributed by atoms with Crippen molar-refractivity contribution in [3.63, 3.8) is 0 Å². The quantitative estimate of drug-likeness (QED) is 0.919. The van der Waals surface area contributed by atoms with Crippen molar-refractivity contribution in [3.05, 3.63) is 29.3 Å². The molecular weight excluding hydrogens is 264 g/mol. The fraction of sp³-hybridized carbons (Fsp3) is 0.647. The molecule has 20 heavy (non-hydrogen) atoms. The molecule has 1 aliphatic rings. The van der Waals surface area contributed by atoms with Crippen molar-refractivity contribution in [2.45, 2.75) is 57.1 Å². The molecule has 0 bridgehead atoms. The Kier molecular flexibility index (Phi) is 5.39. The van der Waals surface area contributed by atoms with Crippen LogP contribution in [0, 0.1) is 6.92 Å². The van der Waals surface area contributed by atoms with Crippen LogP contribution in [-0.4, -0.2) is 29.6 Å². The first-order chi connectivity index (χ1) is 9.49. The minimum atomic E-state index is 0.268. The van der Waals surface area contributed by atoms with Gasteiger partial charge in [0.25, 0.3) is 0 Å². The van der Waals surface area contributed by atoms with Gasteiger partial charge in [-0.05, 0) is 31.4 Å². The van der Waals surface area contributed by atoms with Gasteiger partial charge in [-0.2, -0.15) is 11.8 Å². The highest BCUT2D eigenvalue weighted by Gasteiger charge is 2.24. The van der Waals surface area contributed by atoms with Gasteiger partial charge >= 0.3 is 0 Å². The van der Waals surface area contributed by atoms with Crippen LogP contribution in [0.25, 0.3) is 0 Å². The predicted octanol–water partition coefficient (Wildman–Crippen LogP) is 3.61. The fourth-order valence-corrected chi connectivity index (χ4v) is 4.31. The molecule has 3 heteroatoms. The Morgan fingerprint density at radius 3 is 2.55 bits per heavy atom. The SMILES string of the molecule is CCC(N)Cc1cc(C)ccc1N1CC(C)SC(C)C1. The first-order valence-electron chi connectivity index (χ1n) is 7.75. The number of anilines is 1. The summed E-state index contributed by atoms with van der Waals surface area (Å²) in [6, 6.07) is 7.11. The molecule has 0 saturated carbocycles. The van der Waals surface area contributed by atoms with E-state index in [1.165, 1.54) is 16.8 Å². The predicted molar refractivity (Wildman–Crippen MR) is 91.9 cm³/mol. The van der Waals surface area contributed by atoms with Crippen LogP contribution in [0.1, 0.15) is 38.3 Å². The van der Waals surface area contributed by atoms with E-state index in [-0.39, 0.29) is 6.04 Å². The van der Waals surface area contributed by atoms with E-state index >= 15 is 0 Å². The van der Waals surface area contributed by atoms with Crippen LogP contribution in [0.2, 0.25) is 0 Å². The molecule has 2 nitrogen and oxygen atoms in total. The van der Waals surface area contributed by atoms with Crippen molar-refractivity contribution < 1.29 is 0 Å². The summed E-state index contributed by atoms with van der Waals surface area (Å²) in [6.45, 7) is 11.3. The summed E-state index contributed by atoms with van der Waals surface area (Å²) in [7, 11) is 0. The van der Waals surface area contributed by atoms with E-state index in [9.17, 15) is 0 Å². The Hall–Kier alpha value is -0.670. The van der Waals surface area contributed by atoms with Crippen LogP contribution in [0.4, 0.5) is 5.69 Å². The second-order valence-corrected chi connectivity index (χ2v) is 8.05. The van der Waals surface area contributed by atoms with Crippen molar-refractivity contribution in [2.24, 2.45) is 5.73 Å².